The standard InChI is InChI=1S/C14H12N2O/c17-14(13-4-2-8-15-10-7-13)6-5-12-3-1-9-16-11-12/h1-7,9-11H,8H2/b6-5+. The van der Waals surface area contributed by atoms with E-state index in [-0.39, 0.29) is 5.78 Å². The van der Waals surface area contributed by atoms with Crippen LogP contribution in [0.3, 0.4) is 0 Å². The topological polar surface area (TPSA) is 42.3 Å². The molecule has 0 fully saturated rings. The first-order chi connectivity index (χ1) is 8.36. The molecule has 2 heterocycles. The third-order valence-corrected chi connectivity index (χ3v) is 2.26. The Hall–Kier alpha value is -2.29. The van der Waals surface area contributed by atoms with E-state index in [4.69, 9.17) is 0 Å². The zero-order valence-corrected chi connectivity index (χ0v) is 9.28. The second-order valence-electron chi connectivity index (χ2n) is 3.52. The Labute approximate surface area is 99.9 Å². The van der Waals surface area contributed by atoms with Gasteiger partial charge in [-0.15, -0.1) is 0 Å². The highest BCUT2D eigenvalue weighted by Gasteiger charge is 2.02. The van der Waals surface area contributed by atoms with Crippen LogP contribution in [-0.2, 0) is 4.79 Å². The number of carbonyl (C=O) groups is 1. The van der Waals surface area contributed by atoms with Crippen molar-refractivity contribution in [2.24, 2.45) is 4.99 Å². The van der Waals surface area contributed by atoms with Gasteiger partial charge in [0, 0.05) is 24.2 Å². The van der Waals surface area contributed by atoms with Crippen LogP contribution >= 0.6 is 0 Å². The van der Waals surface area contributed by atoms with Crippen molar-refractivity contribution in [1.29, 1.82) is 0 Å². The monoisotopic (exact) mass is 224 g/mol. The summed E-state index contributed by atoms with van der Waals surface area (Å²) >= 11 is 0. The molecular weight excluding hydrogens is 212 g/mol. The summed E-state index contributed by atoms with van der Waals surface area (Å²) in [6, 6.07) is 3.73. The van der Waals surface area contributed by atoms with Crippen LogP contribution in [0.1, 0.15) is 5.56 Å². The van der Waals surface area contributed by atoms with Gasteiger partial charge in [-0.2, -0.15) is 0 Å². The molecule has 1 aromatic rings. The molecule has 0 amide bonds. The van der Waals surface area contributed by atoms with Gasteiger partial charge in [0.15, 0.2) is 5.78 Å². The van der Waals surface area contributed by atoms with Gasteiger partial charge in [0.25, 0.3) is 0 Å². The van der Waals surface area contributed by atoms with Crippen LogP contribution in [0.2, 0.25) is 0 Å². The van der Waals surface area contributed by atoms with Crippen molar-refractivity contribution in [2.75, 3.05) is 6.54 Å². The predicted octanol–water partition coefficient (Wildman–Crippen LogP) is 2.23. The van der Waals surface area contributed by atoms with Gasteiger partial charge in [-0.1, -0.05) is 18.2 Å². The fraction of sp³-hybridized carbons (Fsp3) is 0.0714. The van der Waals surface area contributed by atoms with Gasteiger partial charge in [-0.05, 0) is 29.9 Å². The largest absolute Gasteiger partial charge is 0.289 e. The lowest BCUT2D eigenvalue weighted by molar-refractivity contribution is -0.111. The zero-order valence-electron chi connectivity index (χ0n) is 9.28. The van der Waals surface area contributed by atoms with Crippen molar-refractivity contribution in [2.45, 2.75) is 0 Å². The molecule has 0 radical (unpaired) electrons. The first kappa shape index (κ1) is 11.2. The van der Waals surface area contributed by atoms with E-state index in [1.807, 2.05) is 18.2 Å². The fourth-order valence-electron chi connectivity index (χ4n) is 1.40. The number of allylic oxidation sites excluding steroid dienone is 4. The Morgan fingerprint density at radius 1 is 1.41 bits per heavy atom. The number of aromatic nitrogens is 1. The first-order valence-electron chi connectivity index (χ1n) is 5.35. The summed E-state index contributed by atoms with van der Waals surface area (Å²) in [7, 11) is 0. The lowest BCUT2D eigenvalue weighted by atomic mass is 10.1. The molecule has 0 bridgehead atoms. The van der Waals surface area contributed by atoms with Crippen LogP contribution in [0.25, 0.3) is 6.08 Å². The van der Waals surface area contributed by atoms with Crippen molar-refractivity contribution in [3.05, 3.63) is 60.0 Å². The summed E-state index contributed by atoms with van der Waals surface area (Å²) in [5.74, 6) is -0.0292. The Balaban J connectivity index is 2.09. The summed E-state index contributed by atoms with van der Waals surface area (Å²) in [5, 5.41) is 0. The Morgan fingerprint density at radius 3 is 3.18 bits per heavy atom. The van der Waals surface area contributed by atoms with Gasteiger partial charge in [0.05, 0.1) is 6.54 Å². The molecule has 1 aliphatic rings. The molecule has 0 saturated carbocycles. The summed E-state index contributed by atoms with van der Waals surface area (Å²) in [6.45, 7) is 0.625. The molecule has 84 valence electrons. The van der Waals surface area contributed by atoms with Crippen molar-refractivity contribution in [1.82, 2.24) is 4.98 Å². The minimum atomic E-state index is -0.0292. The third-order valence-electron chi connectivity index (χ3n) is 2.26. The van der Waals surface area contributed by atoms with Gasteiger partial charge < -0.3 is 0 Å². The molecule has 1 aliphatic heterocycles. The van der Waals surface area contributed by atoms with Crippen molar-refractivity contribution in [3.63, 3.8) is 0 Å². The van der Waals surface area contributed by atoms with Gasteiger partial charge in [0.1, 0.15) is 0 Å². The van der Waals surface area contributed by atoms with E-state index < -0.39 is 0 Å². The minimum absolute atomic E-state index is 0.0292. The van der Waals surface area contributed by atoms with E-state index in [0.717, 1.165) is 5.56 Å². The minimum Gasteiger partial charge on any atom is -0.289 e. The molecule has 0 saturated heterocycles. The molecule has 0 atom stereocenters. The molecule has 3 heteroatoms. The van der Waals surface area contributed by atoms with E-state index in [1.54, 1.807) is 42.9 Å². The maximum absolute atomic E-state index is 11.8. The highest BCUT2D eigenvalue weighted by atomic mass is 16.1. The predicted molar refractivity (Wildman–Crippen MR) is 68.9 cm³/mol. The number of pyridine rings is 1. The average Bonchev–Trinajstić information content (AvgIpc) is 2.66. The Bertz CT molecular complexity index is 510. The molecule has 0 aromatic carbocycles. The van der Waals surface area contributed by atoms with Crippen LogP contribution < -0.4 is 0 Å². The van der Waals surface area contributed by atoms with E-state index in [9.17, 15) is 4.79 Å². The van der Waals surface area contributed by atoms with Gasteiger partial charge in [-0.25, -0.2) is 0 Å². The normalized spacial score (nSPS) is 14.7. The highest BCUT2D eigenvalue weighted by Crippen LogP contribution is 2.05. The average molecular weight is 224 g/mol. The lowest BCUT2D eigenvalue weighted by Crippen LogP contribution is -1.95. The number of rotatable bonds is 3. The van der Waals surface area contributed by atoms with Crippen LogP contribution in [0.15, 0.2) is 59.4 Å². The maximum atomic E-state index is 11.8. The number of carbonyl (C=O) groups excluding carboxylic acids is 1. The first-order valence-corrected chi connectivity index (χ1v) is 5.35. The summed E-state index contributed by atoms with van der Waals surface area (Å²) in [4.78, 5) is 19.9. The molecule has 17 heavy (non-hydrogen) atoms. The van der Waals surface area contributed by atoms with Crippen molar-refractivity contribution in [3.8, 4) is 0 Å². The third kappa shape index (κ3) is 3.34. The lowest BCUT2D eigenvalue weighted by Gasteiger charge is -1.94. The molecule has 2 rings (SSSR count). The molecule has 0 N–H and O–H groups in total. The number of ketones is 1. The van der Waals surface area contributed by atoms with Crippen LogP contribution in [0.5, 0.6) is 0 Å². The zero-order chi connectivity index (χ0) is 11.9. The Morgan fingerprint density at radius 2 is 2.35 bits per heavy atom. The molecule has 3 nitrogen and oxygen atoms in total. The van der Waals surface area contributed by atoms with Gasteiger partial charge >= 0.3 is 0 Å². The van der Waals surface area contributed by atoms with Gasteiger partial charge in [-0.3, -0.25) is 14.8 Å². The number of hydrogen-bond acceptors (Lipinski definition) is 3. The van der Waals surface area contributed by atoms with E-state index in [1.165, 1.54) is 0 Å². The van der Waals surface area contributed by atoms with E-state index >= 15 is 0 Å². The van der Waals surface area contributed by atoms with Crippen molar-refractivity contribution >= 4 is 18.1 Å². The molecule has 0 spiro atoms. The van der Waals surface area contributed by atoms with Crippen LogP contribution in [0, 0.1) is 0 Å². The Kier molecular flexibility index (Phi) is 3.76. The molecular formula is C14H12N2O. The molecule has 0 unspecified atom stereocenters. The summed E-state index contributed by atoms with van der Waals surface area (Å²) < 4.78 is 0. The van der Waals surface area contributed by atoms with Crippen LogP contribution in [0.4, 0.5) is 0 Å². The second-order valence-corrected chi connectivity index (χ2v) is 3.52. The SMILES string of the molecule is O=C(/C=C/c1cccnc1)C1=CC=NCC=C1. The second kappa shape index (κ2) is 5.70. The number of hydrogen-bond donors (Lipinski definition) is 0. The maximum Gasteiger partial charge on any atom is 0.185 e. The van der Waals surface area contributed by atoms with Gasteiger partial charge in [0.2, 0.25) is 0 Å². The van der Waals surface area contributed by atoms with E-state index in [2.05, 4.69) is 9.98 Å². The highest BCUT2D eigenvalue weighted by molar-refractivity contribution is 6.10. The smallest absolute Gasteiger partial charge is 0.185 e. The summed E-state index contributed by atoms with van der Waals surface area (Å²) in [5.41, 5.74) is 1.55. The summed E-state index contributed by atoms with van der Waals surface area (Å²) in [6.07, 6.45) is 13.8. The molecule has 1 aromatic heterocycles. The van der Waals surface area contributed by atoms with Crippen molar-refractivity contribution < 1.29 is 4.79 Å². The van der Waals surface area contributed by atoms with E-state index in [0.29, 0.717) is 12.1 Å². The molecule has 0 aliphatic carbocycles. The van der Waals surface area contributed by atoms with Crippen LogP contribution in [-0.4, -0.2) is 23.5 Å². The fourth-order valence-corrected chi connectivity index (χ4v) is 1.40. The quantitative estimate of drug-likeness (QED) is 0.739. The number of aliphatic imine (C=N–C) groups is 1. The number of nitrogens with zero attached hydrogens (tertiary/aromatic N) is 2.